The van der Waals surface area contributed by atoms with E-state index in [1.807, 2.05) is 43.0 Å². The zero-order chi connectivity index (χ0) is 22.9. The van der Waals surface area contributed by atoms with Gasteiger partial charge in [0, 0.05) is 49.2 Å². The zero-order valence-electron chi connectivity index (χ0n) is 19.0. The van der Waals surface area contributed by atoms with Gasteiger partial charge >= 0.3 is 0 Å². The van der Waals surface area contributed by atoms with Gasteiger partial charge in [-0.1, -0.05) is 18.2 Å². The molecule has 1 unspecified atom stereocenters. The van der Waals surface area contributed by atoms with Gasteiger partial charge in [0.05, 0.1) is 24.5 Å². The number of furan rings is 1. The fourth-order valence-electron chi connectivity index (χ4n) is 4.72. The number of fused-ring (bicyclic) bond motifs is 1. The lowest BCUT2D eigenvalue weighted by atomic mass is 9.96. The van der Waals surface area contributed by atoms with Gasteiger partial charge in [0.1, 0.15) is 11.4 Å². The number of amides is 2. The van der Waals surface area contributed by atoms with Crippen molar-refractivity contribution < 1.29 is 18.7 Å². The Balaban J connectivity index is 1.33. The molecule has 1 aromatic carbocycles. The number of ether oxygens (including phenoxy) is 1. The van der Waals surface area contributed by atoms with Gasteiger partial charge in [-0.25, -0.2) is 9.97 Å². The maximum Gasteiger partial charge on any atom is 0.289 e. The van der Waals surface area contributed by atoms with Crippen LogP contribution in [0.15, 0.2) is 34.9 Å². The number of rotatable bonds is 3. The minimum atomic E-state index is -0.0933. The lowest BCUT2D eigenvalue weighted by Crippen LogP contribution is -2.41. The van der Waals surface area contributed by atoms with E-state index in [2.05, 4.69) is 9.97 Å². The normalized spacial score (nSPS) is 19.2. The van der Waals surface area contributed by atoms with Crippen LogP contribution in [0.25, 0.3) is 11.0 Å². The van der Waals surface area contributed by atoms with Crippen LogP contribution in [0.5, 0.6) is 0 Å². The minimum absolute atomic E-state index is 0.0265. The SMILES string of the molecule is Cc1nc(C2CCCN(C(=O)c3oc4ccccc4c3C)C2)ncc1C(=O)N1CCOCC1. The molecular weight excluding hydrogens is 420 g/mol. The van der Waals surface area contributed by atoms with Gasteiger partial charge in [0.2, 0.25) is 0 Å². The molecule has 2 saturated heterocycles. The first-order chi connectivity index (χ1) is 16.0. The Morgan fingerprint density at radius 2 is 1.82 bits per heavy atom. The van der Waals surface area contributed by atoms with E-state index < -0.39 is 0 Å². The second kappa shape index (κ2) is 8.94. The number of morpholine rings is 1. The summed E-state index contributed by atoms with van der Waals surface area (Å²) in [6, 6.07) is 7.71. The van der Waals surface area contributed by atoms with Crippen LogP contribution in [0.4, 0.5) is 0 Å². The summed E-state index contributed by atoms with van der Waals surface area (Å²) in [4.78, 5) is 39.0. The maximum absolute atomic E-state index is 13.3. The lowest BCUT2D eigenvalue weighted by molar-refractivity contribution is 0.0301. The van der Waals surface area contributed by atoms with Crippen LogP contribution in [0.3, 0.4) is 0 Å². The highest BCUT2D eigenvalue weighted by Gasteiger charge is 2.31. The molecular formula is C25H28N4O4. The molecule has 5 rings (SSSR count). The number of hydrogen-bond donors (Lipinski definition) is 0. The molecule has 2 aromatic heterocycles. The third kappa shape index (κ3) is 4.11. The molecule has 0 bridgehead atoms. The van der Waals surface area contributed by atoms with E-state index in [0.29, 0.717) is 62.2 Å². The number of aryl methyl sites for hydroxylation is 2. The zero-order valence-corrected chi connectivity index (χ0v) is 19.0. The summed E-state index contributed by atoms with van der Waals surface area (Å²) in [5.41, 5.74) is 2.80. The largest absolute Gasteiger partial charge is 0.451 e. The van der Waals surface area contributed by atoms with E-state index in [0.717, 1.165) is 29.4 Å². The van der Waals surface area contributed by atoms with Crippen molar-refractivity contribution in [1.82, 2.24) is 19.8 Å². The van der Waals surface area contributed by atoms with E-state index >= 15 is 0 Å². The Labute approximate surface area is 192 Å². The molecule has 0 spiro atoms. The lowest BCUT2D eigenvalue weighted by Gasteiger charge is -2.32. The van der Waals surface area contributed by atoms with E-state index in [9.17, 15) is 9.59 Å². The number of aromatic nitrogens is 2. The average molecular weight is 449 g/mol. The van der Waals surface area contributed by atoms with Crippen LogP contribution in [0.1, 0.15) is 56.8 Å². The first-order valence-corrected chi connectivity index (χ1v) is 11.5. The maximum atomic E-state index is 13.3. The second-order valence-electron chi connectivity index (χ2n) is 8.77. The van der Waals surface area contributed by atoms with Crippen molar-refractivity contribution in [3.05, 3.63) is 58.9 Å². The third-order valence-corrected chi connectivity index (χ3v) is 6.64. The van der Waals surface area contributed by atoms with Crippen LogP contribution in [-0.2, 0) is 4.74 Å². The molecule has 0 radical (unpaired) electrons. The van der Waals surface area contributed by atoms with Gasteiger partial charge in [0.15, 0.2) is 5.76 Å². The molecule has 0 saturated carbocycles. The fraction of sp³-hybridized carbons (Fsp3) is 0.440. The molecule has 33 heavy (non-hydrogen) atoms. The molecule has 3 aromatic rings. The first-order valence-electron chi connectivity index (χ1n) is 11.5. The van der Waals surface area contributed by atoms with Crippen molar-refractivity contribution in [2.45, 2.75) is 32.6 Å². The average Bonchev–Trinajstić information content (AvgIpc) is 3.20. The highest BCUT2D eigenvalue weighted by molar-refractivity contribution is 5.99. The number of nitrogens with zero attached hydrogens (tertiary/aromatic N) is 4. The molecule has 1 atom stereocenters. The van der Waals surface area contributed by atoms with Crippen molar-refractivity contribution in [3.8, 4) is 0 Å². The smallest absolute Gasteiger partial charge is 0.289 e. The number of benzene rings is 1. The minimum Gasteiger partial charge on any atom is -0.451 e. The molecule has 0 aliphatic carbocycles. The predicted molar refractivity (Wildman–Crippen MR) is 122 cm³/mol. The van der Waals surface area contributed by atoms with E-state index in [-0.39, 0.29) is 17.7 Å². The van der Waals surface area contributed by atoms with Crippen molar-refractivity contribution in [2.75, 3.05) is 39.4 Å². The third-order valence-electron chi connectivity index (χ3n) is 6.64. The van der Waals surface area contributed by atoms with Crippen LogP contribution in [0, 0.1) is 13.8 Å². The summed E-state index contributed by atoms with van der Waals surface area (Å²) in [5.74, 6) is 0.969. The molecule has 172 valence electrons. The van der Waals surface area contributed by atoms with Gasteiger partial charge in [-0.3, -0.25) is 9.59 Å². The number of carbonyl (C=O) groups is 2. The Bertz CT molecular complexity index is 1200. The van der Waals surface area contributed by atoms with Gasteiger partial charge in [-0.05, 0) is 32.8 Å². The Hall–Kier alpha value is -3.26. The number of piperidine rings is 1. The summed E-state index contributed by atoms with van der Waals surface area (Å²) in [5, 5.41) is 0.967. The van der Waals surface area contributed by atoms with Crippen LogP contribution in [-0.4, -0.2) is 71.0 Å². The molecule has 2 amide bonds. The van der Waals surface area contributed by atoms with Gasteiger partial charge in [0.25, 0.3) is 11.8 Å². The second-order valence-corrected chi connectivity index (χ2v) is 8.77. The van der Waals surface area contributed by atoms with E-state index in [4.69, 9.17) is 9.15 Å². The molecule has 8 heteroatoms. The molecule has 2 fully saturated rings. The molecule has 8 nitrogen and oxygen atoms in total. The molecule has 4 heterocycles. The quantitative estimate of drug-likeness (QED) is 0.611. The standard InChI is InChI=1S/C25H28N4O4/c1-16-19-7-3-4-8-21(19)33-22(16)25(31)29-9-5-6-18(15-29)23-26-14-20(17(2)27-23)24(30)28-10-12-32-13-11-28/h3-4,7-8,14,18H,5-6,9-13,15H2,1-2H3. The Kier molecular flexibility index (Phi) is 5.85. The summed E-state index contributed by atoms with van der Waals surface area (Å²) >= 11 is 0. The van der Waals surface area contributed by atoms with E-state index in [1.165, 1.54) is 0 Å². The van der Waals surface area contributed by atoms with Gasteiger partial charge in [-0.2, -0.15) is 0 Å². The highest BCUT2D eigenvalue weighted by atomic mass is 16.5. The number of hydrogen-bond acceptors (Lipinski definition) is 6. The van der Waals surface area contributed by atoms with Gasteiger partial charge < -0.3 is 19.0 Å². The number of para-hydroxylation sites is 1. The number of carbonyl (C=O) groups excluding carboxylic acids is 2. The summed E-state index contributed by atoms with van der Waals surface area (Å²) < 4.78 is 11.2. The predicted octanol–water partition coefficient (Wildman–Crippen LogP) is 3.33. The Morgan fingerprint density at radius 3 is 2.58 bits per heavy atom. The molecule has 2 aliphatic rings. The molecule has 2 aliphatic heterocycles. The fourth-order valence-corrected chi connectivity index (χ4v) is 4.72. The van der Waals surface area contributed by atoms with Crippen molar-refractivity contribution in [1.29, 1.82) is 0 Å². The van der Waals surface area contributed by atoms with Gasteiger partial charge in [-0.15, -0.1) is 0 Å². The van der Waals surface area contributed by atoms with Crippen molar-refractivity contribution >= 4 is 22.8 Å². The Morgan fingerprint density at radius 1 is 1.03 bits per heavy atom. The van der Waals surface area contributed by atoms with Crippen molar-refractivity contribution in [3.63, 3.8) is 0 Å². The van der Waals surface area contributed by atoms with Crippen molar-refractivity contribution in [2.24, 2.45) is 0 Å². The molecule has 0 N–H and O–H groups in total. The topological polar surface area (TPSA) is 88.8 Å². The van der Waals surface area contributed by atoms with Crippen LogP contribution >= 0.6 is 0 Å². The number of likely N-dealkylation sites (tertiary alicyclic amines) is 1. The van der Waals surface area contributed by atoms with Crippen LogP contribution in [0.2, 0.25) is 0 Å². The first kappa shape index (κ1) is 21.6. The summed E-state index contributed by atoms with van der Waals surface area (Å²) in [6.45, 7) is 7.27. The monoisotopic (exact) mass is 448 g/mol. The summed E-state index contributed by atoms with van der Waals surface area (Å²) in [7, 11) is 0. The highest BCUT2D eigenvalue weighted by Crippen LogP contribution is 2.30. The summed E-state index contributed by atoms with van der Waals surface area (Å²) in [6.07, 6.45) is 3.41. The van der Waals surface area contributed by atoms with E-state index in [1.54, 1.807) is 11.1 Å². The van der Waals surface area contributed by atoms with Crippen LogP contribution < -0.4 is 0 Å².